The van der Waals surface area contributed by atoms with Crippen molar-refractivity contribution in [1.29, 1.82) is 0 Å². The number of aryl methyl sites for hydroxylation is 2. The van der Waals surface area contributed by atoms with E-state index in [0.29, 0.717) is 0 Å². The smallest absolute Gasteiger partial charge is 0.131 e. The molecule has 140 valence electrons. The van der Waals surface area contributed by atoms with Crippen molar-refractivity contribution >= 4 is 0 Å². The summed E-state index contributed by atoms with van der Waals surface area (Å²) in [5.74, 6) is 1.85. The Kier molecular flexibility index (Phi) is 5.70. The van der Waals surface area contributed by atoms with Crippen LogP contribution in [-0.4, -0.2) is 0 Å². The van der Waals surface area contributed by atoms with Crippen molar-refractivity contribution in [3.63, 3.8) is 0 Å². The Bertz CT molecular complexity index is 898. The number of ether oxygens (including phenoxy) is 1. The molecule has 27 heavy (non-hydrogen) atoms. The molecule has 0 aromatic heterocycles. The highest BCUT2D eigenvalue weighted by atomic mass is 16.5. The molecular weight excluding hydrogens is 328 g/mol. The minimum absolute atomic E-state index is 0.150. The number of hydrogen-bond donors (Lipinski definition) is 0. The van der Waals surface area contributed by atoms with Gasteiger partial charge in [-0.25, -0.2) is 0 Å². The molecule has 0 N–H and O–H groups in total. The predicted molar refractivity (Wildman–Crippen MR) is 116 cm³/mol. The van der Waals surface area contributed by atoms with E-state index in [9.17, 15) is 0 Å². The summed E-state index contributed by atoms with van der Waals surface area (Å²) in [6.07, 6.45) is 2.12. The largest absolute Gasteiger partial charge is 0.457 e. The summed E-state index contributed by atoms with van der Waals surface area (Å²) >= 11 is 0. The molecule has 0 aliphatic rings. The van der Waals surface area contributed by atoms with E-state index in [1.165, 1.54) is 27.8 Å². The van der Waals surface area contributed by atoms with Crippen molar-refractivity contribution in [2.75, 3.05) is 0 Å². The van der Waals surface area contributed by atoms with Crippen molar-refractivity contribution in [1.82, 2.24) is 0 Å². The molecule has 1 heteroatoms. The Labute approximate surface area is 164 Å². The summed E-state index contributed by atoms with van der Waals surface area (Å²) < 4.78 is 6.32. The zero-order chi connectivity index (χ0) is 19.4. The van der Waals surface area contributed by atoms with Crippen LogP contribution in [0.5, 0.6) is 11.5 Å². The summed E-state index contributed by atoms with van der Waals surface area (Å²) in [4.78, 5) is 0. The van der Waals surface area contributed by atoms with Crippen LogP contribution in [0.15, 0.2) is 66.7 Å². The van der Waals surface area contributed by atoms with Crippen LogP contribution in [0, 0.1) is 6.92 Å². The first kappa shape index (κ1) is 19.2. The number of rotatable bonds is 5. The third-order valence-electron chi connectivity index (χ3n) is 4.89. The molecule has 0 saturated heterocycles. The van der Waals surface area contributed by atoms with Gasteiger partial charge in [-0.1, -0.05) is 88.2 Å². The third kappa shape index (κ3) is 4.80. The lowest BCUT2D eigenvalue weighted by Gasteiger charge is -2.19. The first-order valence-corrected chi connectivity index (χ1v) is 9.85. The maximum atomic E-state index is 6.32. The van der Waals surface area contributed by atoms with E-state index in [0.717, 1.165) is 24.3 Å². The first-order valence-electron chi connectivity index (χ1n) is 9.85. The zero-order valence-corrected chi connectivity index (χ0v) is 17.2. The topological polar surface area (TPSA) is 9.23 Å². The minimum atomic E-state index is 0.150. The van der Waals surface area contributed by atoms with E-state index >= 15 is 0 Å². The van der Waals surface area contributed by atoms with Crippen LogP contribution in [0.2, 0.25) is 0 Å². The highest BCUT2D eigenvalue weighted by Crippen LogP contribution is 2.33. The minimum Gasteiger partial charge on any atom is -0.457 e. The summed E-state index contributed by atoms with van der Waals surface area (Å²) in [5.41, 5.74) is 6.42. The monoisotopic (exact) mass is 358 g/mol. The first-order chi connectivity index (χ1) is 12.9. The summed E-state index contributed by atoms with van der Waals surface area (Å²) in [6, 6.07) is 23.7. The average Bonchev–Trinajstić information content (AvgIpc) is 2.63. The fourth-order valence-electron chi connectivity index (χ4n) is 3.28. The van der Waals surface area contributed by atoms with Gasteiger partial charge in [0.15, 0.2) is 0 Å². The predicted octanol–water partition coefficient (Wildman–Crippen LogP) is 7.70. The van der Waals surface area contributed by atoms with Gasteiger partial charge in [-0.05, 0) is 59.2 Å². The van der Waals surface area contributed by atoms with Gasteiger partial charge in [-0.3, -0.25) is 0 Å². The molecule has 0 heterocycles. The van der Waals surface area contributed by atoms with E-state index in [1.54, 1.807) is 0 Å². The lowest BCUT2D eigenvalue weighted by Crippen LogP contribution is -2.10. The van der Waals surface area contributed by atoms with Crippen LogP contribution >= 0.6 is 0 Å². The van der Waals surface area contributed by atoms with Crippen molar-refractivity contribution in [2.45, 2.75) is 52.9 Å². The number of hydrogen-bond acceptors (Lipinski definition) is 1. The van der Waals surface area contributed by atoms with Crippen LogP contribution in [0.1, 0.15) is 50.8 Å². The van der Waals surface area contributed by atoms with Gasteiger partial charge in [0.25, 0.3) is 0 Å². The standard InChI is InChI=1S/C26H30O/c1-6-8-20-11-12-22(21-10-7-9-19(2)17-21)18-25(20)27-24-15-13-23(14-16-24)26(3,4)5/h7,9-18H,6,8H2,1-5H3. The quantitative estimate of drug-likeness (QED) is 0.454. The second-order valence-corrected chi connectivity index (χ2v) is 8.32. The maximum absolute atomic E-state index is 6.32. The Morgan fingerprint density at radius 1 is 0.815 bits per heavy atom. The maximum Gasteiger partial charge on any atom is 0.131 e. The second kappa shape index (κ2) is 8.00. The lowest BCUT2D eigenvalue weighted by molar-refractivity contribution is 0.475. The molecule has 0 aliphatic heterocycles. The van der Waals surface area contributed by atoms with Crippen LogP contribution in [-0.2, 0) is 11.8 Å². The Morgan fingerprint density at radius 2 is 1.52 bits per heavy atom. The van der Waals surface area contributed by atoms with Gasteiger partial charge in [0, 0.05) is 0 Å². The molecular formula is C26H30O. The molecule has 0 bridgehead atoms. The van der Waals surface area contributed by atoms with Gasteiger partial charge in [-0.15, -0.1) is 0 Å². The van der Waals surface area contributed by atoms with Gasteiger partial charge in [-0.2, -0.15) is 0 Å². The SMILES string of the molecule is CCCc1ccc(-c2cccc(C)c2)cc1Oc1ccc(C(C)(C)C)cc1. The second-order valence-electron chi connectivity index (χ2n) is 8.32. The van der Waals surface area contributed by atoms with Crippen molar-refractivity contribution in [3.8, 4) is 22.6 Å². The van der Waals surface area contributed by atoms with Gasteiger partial charge in [0.2, 0.25) is 0 Å². The highest BCUT2D eigenvalue weighted by molar-refractivity contribution is 5.67. The average molecular weight is 359 g/mol. The van der Waals surface area contributed by atoms with Gasteiger partial charge in [0.1, 0.15) is 11.5 Å². The molecule has 1 nitrogen and oxygen atoms in total. The molecule has 0 saturated carbocycles. The van der Waals surface area contributed by atoms with Crippen LogP contribution < -0.4 is 4.74 Å². The molecule has 3 rings (SSSR count). The fraction of sp³-hybridized carbons (Fsp3) is 0.308. The highest BCUT2D eigenvalue weighted by Gasteiger charge is 2.14. The molecule has 0 aliphatic carbocycles. The molecule has 3 aromatic rings. The Hall–Kier alpha value is -2.54. The van der Waals surface area contributed by atoms with E-state index in [-0.39, 0.29) is 5.41 Å². The third-order valence-corrected chi connectivity index (χ3v) is 4.89. The van der Waals surface area contributed by atoms with Crippen molar-refractivity contribution < 1.29 is 4.74 Å². The Balaban J connectivity index is 1.93. The molecule has 0 radical (unpaired) electrons. The van der Waals surface area contributed by atoms with E-state index in [2.05, 4.69) is 101 Å². The Morgan fingerprint density at radius 3 is 2.15 bits per heavy atom. The molecule has 0 spiro atoms. The lowest BCUT2D eigenvalue weighted by atomic mass is 9.87. The molecule has 0 amide bonds. The number of benzene rings is 3. The van der Waals surface area contributed by atoms with E-state index < -0.39 is 0 Å². The van der Waals surface area contributed by atoms with Crippen molar-refractivity contribution in [2.24, 2.45) is 0 Å². The van der Waals surface area contributed by atoms with E-state index in [1.807, 2.05) is 0 Å². The summed E-state index contributed by atoms with van der Waals surface area (Å²) in [6.45, 7) is 11.0. The van der Waals surface area contributed by atoms with Crippen molar-refractivity contribution in [3.05, 3.63) is 83.4 Å². The molecule has 0 unspecified atom stereocenters. The zero-order valence-electron chi connectivity index (χ0n) is 17.2. The van der Waals surface area contributed by atoms with Gasteiger partial charge in [0.05, 0.1) is 0 Å². The van der Waals surface area contributed by atoms with E-state index in [4.69, 9.17) is 4.74 Å². The van der Waals surface area contributed by atoms with Crippen LogP contribution in [0.3, 0.4) is 0 Å². The van der Waals surface area contributed by atoms with Crippen LogP contribution in [0.25, 0.3) is 11.1 Å². The van der Waals surface area contributed by atoms with Crippen LogP contribution in [0.4, 0.5) is 0 Å². The summed E-state index contributed by atoms with van der Waals surface area (Å²) in [7, 11) is 0. The molecule has 0 atom stereocenters. The molecule has 3 aromatic carbocycles. The van der Waals surface area contributed by atoms with Gasteiger partial charge < -0.3 is 4.74 Å². The van der Waals surface area contributed by atoms with Gasteiger partial charge >= 0.3 is 0 Å². The normalized spacial score (nSPS) is 11.4. The fourth-order valence-corrected chi connectivity index (χ4v) is 3.28. The summed E-state index contributed by atoms with van der Waals surface area (Å²) in [5, 5.41) is 0. The molecule has 0 fully saturated rings.